The van der Waals surface area contributed by atoms with Crippen LogP contribution in [0.25, 0.3) is 0 Å². The maximum Gasteiger partial charge on any atom is 0.526 e. The summed E-state index contributed by atoms with van der Waals surface area (Å²) in [5, 5.41) is 0. The molecule has 0 unspecified atom stereocenters. The van der Waals surface area contributed by atoms with E-state index in [0.717, 1.165) is 0 Å². The minimum absolute atomic E-state index is 0.431. The van der Waals surface area contributed by atoms with Crippen molar-refractivity contribution in [1.29, 1.82) is 0 Å². The Hall–Kier alpha value is 0.154. The van der Waals surface area contributed by atoms with Gasteiger partial charge in [-0.25, -0.2) is 0 Å². The molecular formula is C15H37NO6Si2. The van der Waals surface area contributed by atoms with Gasteiger partial charge in [0.1, 0.15) is 0 Å². The average Bonchev–Trinajstić information content (AvgIpc) is 2.55. The summed E-state index contributed by atoms with van der Waals surface area (Å²) in [7, 11) is -6.66. The highest BCUT2D eigenvalue weighted by molar-refractivity contribution is 6.85. The van der Waals surface area contributed by atoms with Crippen molar-refractivity contribution < 1.29 is 26.6 Å². The normalized spacial score (nSPS) is 13.5. The highest BCUT2D eigenvalue weighted by Crippen LogP contribution is 2.36. The van der Waals surface area contributed by atoms with E-state index >= 15 is 0 Å². The number of nitrogens with two attached hydrogens (primary N) is 1. The van der Waals surface area contributed by atoms with E-state index in [0.29, 0.717) is 46.1 Å². The van der Waals surface area contributed by atoms with Crippen LogP contribution in [0.1, 0.15) is 54.9 Å². The van der Waals surface area contributed by atoms with Crippen LogP contribution in [0.4, 0.5) is 0 Å². The second-order valence-electron chi connectivity index (χ2n) is 5.04. The van der Waals surface area contributed by atoms with Crippen LogP contribution in [-0.4, -0.2) is 62.0 Å². The smallest absolute Gasteiger partial charge is 0.373 e. The predicted octanol–water partition coefficient (Wildman–Crippen LogP) is 2.27. The van der Waals surface area contributed by atoms with Gasteiger partial charge in [-0.15, -0.1) is 0 Å². The third kappa shape index (κ3) is 4.86. The number of hydrogen-bond acceptors (Lipinski definition) is 7. The van der Waals surface area contributed by atoms with Crippen molar-refractivity contribution >= 4 is 17.6 Å². The second kappa shape index (κ2) is 11.7. The van der Waals surface area contributed by atoms with Gasteiger partial charge in [-0.2, -0.15) is 0 Å². The molecule has 2 N–H and O–H groups in total. The monoisotopic (exact) mass is 383 g/mol. The predicted molar refractivity (Wildman–Crippen MR) is 98.5 cm³/mol. The summed E-state index contributed by atoms with van der Waals surface area (Å²) < 4.78 is 36.5. The van der Waals surface area contributed by atoms with Crippen LogP contribution in [0.2, 0.25) is 0 Å². The lowest BCUT2D eigenvalue weighted by Gasteiger charge is -2.48. The van der Waals surface area contributed by atoms with Crippen LogP contribution in [0.3, 0.4) is 0 Å². The molecule has 0 aromatic carbocycles. The molecule has 0 saturated heterocycles. The summed E-state index contributed by atoms with van der Waals surface area (Å²) >= 11 is 0. The van der Waals surface area contributed by atoms with Gasteiger partial charge in [0.15, 0.2) is 4.79 Å². The van der Waals surface area contributed by atoms with E-state index in [2.05, 4.69) is 0 Å². The van der Waals surface area contributed by atoms with E-state index in [4.69, 9.17) is 32.3 Å². The van der Waals surface area contributed by atoms with Crippen molar-refractivity contribution in [2.24, 2.45) is 5.73 Å². The summed E-state index contributed by atoms with van der Waals surface area (Å²) in [4.78, 5) is -1.08. The molecule has 0 heterocycles. The molecule has 0 aromatic rings. The quantitative estimate of drug-likeness (QED) is 0.434. The Labute approximate surface area is 149 Å². The van der Waals surface area contributed by atoms with Crippen molar-refractivity contribution in [2.45, 2.75) is 59.7 Å². The molecule has 0 fully saturated rings. The van der Waals surface area contributed by atoms with Crippen molar-refractivity contribution in [1.82, 2.24) is 0 Å². The number of hydrogen-bond donors (Lipinski definition) is 1. The third-order valence-corrected chi connectivity index (χ3v) is 12.4. The largest absolute Gasteiger partial charge is 0.526 e. The summed E-state index contributed by atoms with van der Waals surface area (Å²) in [5.41, 5.74) is 6.95. The van der Waals surface area contributed by atoms with Crippen LogP contribution in [-0.2, 0) is 26.6 Å². The molecule has 0 rings (SSSR count). The molecule has 0 spiro atoms. The fourth-order valence-corrected chi connectivity index (χ4v) is 10.8. The molecule has 24 heavy (non-hydrogen) atoms. The van der Waals surface area contributed by atoms with Crippen molar-refractivity contribution in [3.8, 4) is 0 Å². The molecule has 0 amide bonds. The van der Waals surface area contributed by atoms with Gasteiger partial charge in [0.05, 0.1) is 0 Å². The van der Waals surface area contributed by atoms with Crippen molar-refractivity contribution in [3.05, 3.63) is 0 Å². The van der Waals surface area contributed by atoms with Gasteiger partial charge in [-0.1, -0.05) is 6.92 Å². The maximum absolute atomic E-state index is 6.95. The van der Waals surface area contributed by atoms with Gasteiger partial charge in [-0.3, -0.25) is 0 Å². The van der Waals surface area contributed by atoms with Gasteiger partial charge in [0, 0.05) is 39.6 Å². The van der Waals surface area contributed by atoms with E-state index in [1.54, 1.807) is 0 Å². The minimum Gasteiger partial charge on any atom is -0.373 e. The fraction of sp³-hybridized carbons (Fsp3) is 1.00. The van der Waals surface area contributed by atoms with Gasteiger partial charge in [0.2, 0.25) is 0 Å². The molecule has 0 aliphatic rings. The third-order valence-electron chi connectivity index (χ3n) is 3.66. The molecule has 9 heteroatoms. The summed E-state index contributed by atoms with van der Waals surface area (Å²) in [6, 6.07) is 0. The van der Waals surface area contributed by atoms with Crippen LogP contribution in [0, 0.1) is 0 Å². The molecule has 0 aliphatic carbocycles. The zero-order valence-corrected chi connectivity index (χ0v) is 18.5. The Balaban J connectivity index is 6.30. The topological polar surface area (TPSA) is 81.4 Å². The van der Waals surface area contributed by atoms with E-state index in [-0.39, 0.29) is 0 Å². The Bertz CT molecular complexity index is 275. The zero-order chi connectivity index (χ0) is 18.7. The molecule has 0 saturated carbocycles. The standard InChI is InChI=1S/C15H37NO6Si2/c1-8-15(16,23(17-9-2,18-10-3)19-11-4)24(20-12-5,21-13-6)22-14-7/h8-14,16H2,1-7H3. The lowest BCUT2D eigenvalue weighted by atomic mass is 10.5. The van der Waals surface area contributed by atoms with E-state index < -0.39 is 22.4 Å². The van der Waals surface area contributed by atoms with E-state index in [1.165, 1.54) is 0 Å². The van der Waals surface area contributed by atoms with Crippen molar-refractivity contribution in [3.63, 3.8) is 0 Å². The van der Waals surface area contributed by atoms with Crippen LogP contribution in [0.5, 0.6) is 0 Å². The molecule has 7 nitrogen and oxygen atoms in total. The Kier molecular flexibility index (Phi) is 11.8. The summed E-state index contributed by atoms with van der Waals surface area (Å²) in [6.07, 6.45) is 0.505. The minimum atomic E-state index is -3.33. The van der Waals surface area contributed by atoms with Gasteiger partial charge in [-0.05, 0) is 48.0 Å². The lowest BCUT2D eigenvalue weighted by Crippen LogP contribution is -2.84. The number of rotatable bonds is 15. The van der Waals surface area contributed by atoms with Crippen molar-refractivity contribution in [2.75, 3.05) is 39.6 Å². The Morgan fingerprint density at radius 3 is 0.875 bits per heavy atom. The molecule has 146 valence electrons. The zero-order valence-electron chi connectivity index (χ0n) is 16.5. The molecule has 0 aliphatic heterocycles. The van der Waals surface area contributed by atoms with Crippen LogP contribution >= 0.6 is 0 Å². The Morgan fingerprint density at radius 1 is 0.542 bits per heavy atom. The van der Waals surface area contributed by atoms with Gasteiger partial charge in [0.25, 0.3) is 0 Å². The average molecular weight is 384 g/mol. The fourth-order valence-electron chi connectivity index (χ4n) is 2.78. The first-order valence-corrected chi connectivity index (χ1v) is 12.5. The SMILES string of the molecule is CCO[Si](OCC)(OCC)C(N)(CC)[Si](OCC)(OCC)OCC. The second-order valence-corrected chi connectivity index (χ2v) is 11.3. The van der Waals surface area contributed by atoms with Crippen LogP contribution in [0.15, 0.2) is 0 Å². The highest BCUT2D eigenvalue weighted by Gasteiger charge is 2.74. The van der Waals surface area contributed by atoms with Gasteiger partial charge < -0.3 is 32.3 Å². The summed E-state index contributed by atoms with van der Waals surface area (Å²) in [6.45, 7) is 16.0. The highest BCUT2D eigenvalue weighted by atomic mass is 28.5. The molecular weight excluding hydrogens is 346 g/mol. The van der Waals surface area contributed by atoms with Crippen LogP contribution < -0.4 is 5.73 Å². The molecule has 0 aromatic heterocycles. The molecule has 0 radical (unpaired) electrons. The van der Waals surface area contributed by atoms with E-state index in [9.17, 15) is 0 Å². The first kappa shape index (κ1) is 24.2. The molecule has 0 bridgehead atoms. The Morgan fingerprint density at radius 2 is 0.750 bits per heavy atom. The van der Waals surface area contributed by atoms with Gasteiger partial charge >= 0.3 is 17.6 Å². The first-order chi connectivity index (χ1) is 11.4. The van der Waals surface area contributed by atoms with E-state index in [1.807, 2.05) is 48.5 Å². The lowest BCUT2D eigenvalue weighted by molar-refractivity contribution is 0.0124. The molecule has 0 atom stereocenters. The maximum atomic E-state index is 6.95. The summed E-state index contributed by atoms with van der Waals surface area (Å²) in [5.74, 6) is 0. The first-order valence-electron chi connectivity index (χ1n) is 9.05.